The molecule has 2 unspecified atom stereocenters. The summed E-state index contributed by atoms with van der Waals surface area (Å²) in [5.41, 5.74) is 0.752. The van der Waals surface area contributed by atoms with E-state index in [2.05, 4.69) is 24.5 Å². The Kier molecular flexibility index (Phi) is 6.29. The number of amides is 1. The van der Waals surface area contributed by atoms with Crippen LogP contribution in [0.1, 0.15) is 39.7 Å². The maximum Gasteiger partial charge on any atom is 0.328 e. The molecule has 1 aliphatic heterocycles. The molecular weight excluding hydrogens is 332 g/mol. The van der Waals surface area contributed by atoms with Gasteiger partial charge in [-0.15, -0.1) is 0 Å². The summed E-state index contributed by atoms with van der Waals surface area (Å²) in [6, 6.07) is 6.15. The van der Waals surface area contributed by atoms with Gasteiger partial charge in [0.05, 0.1) is 13.2 Å². The number of phenols is 1. The van der Waals surface area contributed by atoms with Gasteiger partial charge in [0.15, 0.2) is 0 Å². The van der Waals surface area contributed by atoms with Crippen molar-refractivity contribution in [3.8, 4) is 5.75 Å². The Morgan fingerprint density at radius 3 is 2.65 bits per heavy atom. The molecule has 1 aromatic rings. The lowest BCUT2D eigenvalue weighted by molar-refractivity contribution is -0.146. The van der Waals surface area contributed by atoms with E-state index < -0.39 is 18.1 Å². The minimum atomic E-state index is -0.666. The fourth-order valence-corrected chi connectivity index (χ4v) is 3.57. The lowest BCUT2D eigenvalue weighted by Gasteiger charge is -2.44. The number of carbonyl (C=O) groups is 2. The van der Waals surface area contributed by atoms with Gasteiger partial charge in [0.1, 0.15) is 11.8 Å². The number of ether oxygens (including phenoxy) is 1. The molecule has 1 saturated heterocycles. The highest BCUT2D eigenvalue weighted by molar-refractivity contribution is 5.87. The largest absolute Gasteiger partial charge is 0.508 e. The molecule has 0 aliphatic carbocycles. The Morgan fingerprint density at radius 1 is 1.38 bits per heavy atom. The third-order valence-electron chi connectivity index (χ3n) is 5.63. The molecule has 0 radical (unpaired) electrons. The van der Waals surface area contributed by atoms with Gasteiger partial charge in [0.25, 0.3) is 0 Å². The van der Waals surface area contributed by atoms with Crippen LogP contribution in [-0.4, -0.2) is 42.7 Å². The Hall–Kier alpha value is -2.08. The topological polar surface area (TPSA) is 87.7 Å². The molecule has 144 valence electrons. The number of aromatic hydroxyl groups is 1. The lowest BCUT2D eigenvalue weighted by atomic mass is 9.66. The smallest absolute Gasteiger partial charge is 0.328 e. The Labute approximate surface area is 155 Å². The van der Waals surface area contributed by atoms with Crippen molar-refractivity contribution in [2.24, 2.45) is 11.8 Å². The maximum atomic E-state index is 12.8. The number of benzene rings is 1. The molecule has 1 fully saturated rings. The monoisotopic (exact) mass is 362 g/mol. The van der Waals surface area contributed by atoms with Gasteiger partial charge in [0.2, 0.25) is 5.91 Å². The number of rotatable bonds is 5. The second-order valence-electron chi connectivity index (χ2n) is 7.79. The number of esters is 1. The Balaban J connectivity index is 2.18. The highest BCUT2D eigenvalue weighted by Crippen LogP contribution is 2.40. The first-order valence-corrected chi connectivity index (χ1v) is 9.10. The van der Waals surface area contributed by atoms with Crippen LogP contribution in [0.3, 0.4) is 0 Å². The van der Waals surface area contributed by atoms with Gasteiger partial charge < -0.3 is 20.5 Å². The molecule has 0 aromatic heterocycles. The fraction of sp³-hybridized carbons (Fsp3) is 0.600. The van der Waals surface area contributed by atoms with E-state index in [4.69, 9.17) is 4.74 Å². The molecule has 26 heavy (non-hydrogen) atoms. The Morgan fingerprint density at radius 2 is 2.08 bits per heavy atom. The molecule has 0 spiro atoms. The molecule has 0 bridgehead atoms. The second-order valence-corrected chi connectivity index (χ2v) is 7.79. The minimum Gasteiger partial charge on any atom is -0.508 e. The van der Waals surface area contributed by atoms with Gasteiger partial charge in [-0.05, 0) is 47.9 Å². The van der Waals surface area contributed by atoms with E-state index in [0.29, 0.717) is 13.0 Å². The number of carbonyl (C=O) groups excluding carboxylic acids is 2. The summed E-state index contributed by atoms with van der Waals surface area (Å²) in [5.74, 6) is -0.192. The molecular formula is C20H30N2O4. The van der Waals surface area contributed by atoms with E-state index in [1.807, 2.05) is 26.0 Å². The predicted molar refractivity (Wildman–Crippen MR) is 99.8 cm³/mol. The summed E-state index contributed by atoms with van der Waals surface area (Å²) in [6.45, 7) is 8.67. The van der Waals surface area contributed by atoms with Crippen molar-refractivity contribution in [1.29, 1.82) is 0 Å². The third-order valence-corrected chi connectivity index (χ3v) is 5.63. The quantitative estimate of drug-likeness (QED) is 0.697. The van der Waals surface area contributed by atoms with E-state index in [1.165, 1.54) is 7.11 Å². The van der Waals surface area contributed by atoms with E-state index in [9.17, 15) is 14.7 Å². The SMILES string of the molecule is COC(=O)[C@@H](NC(=O)C1C[C@@](C)(c2cccc(O)c2)C(C)CN1)C(C)C. The van der Waals surface area contributed by atoms with Crippen molar-refractivity contribution >= 4 is 11.9 Å². The Bertz CT molecular complexity index is 661. The van der Waals surface area contributed by atoms with Crippen LogP contribution in [0, 0.1) is 11.8 Å². The first kappa shape index (κ1) is 20.2. The molecule has 4 atom stereocenters. The first-order chi connectivity index (χ1) is 12.2. The molecule has 1 aromatic carbocycles. The van der Waals surface area contributed by atoms with Crippen molar-refractivity contribution in [2.45, 2.75) is 51.6 Å². The zero-order valence-electron chi connectivity index (χ0n) is 16.2. The van der Waals surface area contributed by atoms with E-state index >= 15 is 0 Å². The summed E-state index contributed by atoms with van der Waals surface area (Å²) in [4.78, 5) is 24.7. The summed E-state index contributed by atoms with van der Waals surface area (Å²) >= 11 is 0. The van der Waals surface area contributed by atoms with Gasteiger partial charge in [0, 0.05) is 0 Å². The van der Waals surface area contributed by atoms with Crippen LogP contribution in [0.25, 0.3) is 0 Å². The highest BCUT2D eigenvalue weighted by Gasteiger charge is 2.42. The van der Waals surface area contributed by atoms with Crippen molar-refractivity contribution in [3.05, 3.63) is 29.8 Å². The van der Waals surface area contributed by atoms with Gasteiger partial charge in [-0.25, -0.2) is 4.79 Å². The predicted octanol–water partition coefficient (Wildman–Crippen LogP) is 1.96. The molecule has 2 rings (SSSR count). The number of methoxy groups -OCH3 is 1. The fourth-order valence-electron chi connectivity index (χ4n) is 3.57. The molecule has 1 amide bonds. The third kappa shape index (κ3) is 4.18. The number of hydrogen-bond acceptors (Lipinski definition) is 5. The van der Waals surface area contributed by atoms with Crippen molar-refractivity contribution in [2.75, 3.05) is 13.7 Å². The van der Waals surface area contributed by atoms with Crippen molar-refractivity contribution in [1.82, 2.24) is 10.6 Å². The van der Waals surface area contributed by atoms with Crippen LogP contribution < -0.4 is 10.6 Å². The average Bonchev–Trinajstić information content (AvgIpc) is 2.60. The zero-order valence-corrected chi connectivity index (χ0v) is 16.2. The zero-order chi connectivity index (χ0) is 19.5. The second kappa shape index (κ2) is 8.08. The van der Waals surface area contributed by atoms with Gasteiger partial charge in [-0.3, -0.25) is 4.79 Å². The van der Waals surface area contributed by atoms with Crippen LogP contribution in [0.2, 0.25) is 0 Å². The van der Waals surface area contributed by atoms with Crippen molar-refractivity contribution < 1.29 is 19.4 Å². The van der Waals surface area contributed by atoms with E-state index in [0.717, 1.165) is 5.56 Å². The summed E-state index contributed by atoms with van der Waals surface area (Å²) in [5, 5.41) is 16.0. The van der Waals surface area contributed by atoms with E-state index in [1.54, 1.807) is 12.1 Å². The summed E-state index contributed by atoms with van der Waals surface area (Å²) < 4.78 is 4.80. The number of phenolic OH excluding ortho intramolecular Hbond substituents is 1. The molecule has 6 nitrogen and oxygen atoms in total. The van der Waals surface area contributed by atoms with Crippen LogP contribution >= 0.6 is 0 Å². The lowest BCUT2D eigenvalue weighted by Crippen LogP contribution is -2.58. The standard InChI is InChI=1S/C20H30N2O4/c1-12(2)17(19(25)26-5)22-18(24)16-10-20(4,13(3)11-21-16)14-7-6-8-15(23)9-14/h6-9,12-13,16-17,21,23H,10-11H2,1-5H3,(H,22,24)/t13?,16?,17-,20+/m0/s1. The van der Waals surface area contributed by atoms with Crippen LogP contribution in [0.5, 0.6) is 5.75 Å². The molecule has 1 aliphatic rings. The highest BCUT2D eigenvalue weighted by atomic mass is 16.5. The van der Waals surface area contributed by atoms with Crippen LogP contribution in [0.4, 0.5) is 0 Å². The van der Waals surface area contributed by atoms with Gasteiger partial charge >= 0.3 is 5.97 Å². The first-order valence-electron chi connectivity index (χ1n) is 9.10. The van der Waals surface area contributed by atoms with Crippen LogP contribution in [0.15, 0.2) is 24.3 Å². The minimum absolute atomic E-state index is 0.0635. The summed E-state index contributed by atoms with van der Waals surface area (Å²) in [6.07, 6.45) is 0.579. The van der Waals surface area contributed by atoms with Crippen LogP contribution in [-0.2, 0) is 19.7 Å². The number of hydrogen-bond donors (Lipinski definition) is 3. The van der Waals surface area contributed by atoms with E-state index in [-0.39, 0.29) is 28.9 Å². The maximum absolute atomic E-state index is 12.8. The average molecular weight is 362 g/mol. The normalized spacial score (nSPS) is 27.0. The van der Waals surface area contributed by atoms with Gasteiger partial charge in [-0.1, -0.05) is 39.8 Å². The number of piperidine rings is 1. The summed E-state index contributed by atoms with van der Waals surface area (Å²) in [7, 11) is 1.32. The number of nitrogens with one attached hydrogen (secondary N) is 2. The van der Waals surface area contributed by atoms with Gasteiger partial charge in [-0.2, -0.15) is 0 Å². The molecule has 6 heteroatoms. The molecule has 1 heterocycles. The molecule has 0 saturated carbocycles. The molecule has 3 N–H and O–H groups in total. The van der Waals surface area contributed by atoms with Crippen molar-refractivity contribution in [3.63, 3.8) is 0 Å².